The van der Waals surface area contributed by atoms with Crippen LogP contribution in [0.5, 0.6) is 0 Å². The Kier molecular flexibility index (Phi) is 5.30. The van der Waals surface area contributed by atoms with Gasteiger partial charge in [0.25, 0.3) is 0 Å². The molecule has 1 aliphatic heterocycles. The topological polar surface area (TPSA) is 20.3 Å². The van der Waals surface area contributed by atoms with Crippen LogP contribution in [0, 0.1) is 5.92 Å². The van der Waals surface area contributed by atoms with Crippen molar-refractivity contribution in [3.63, 3.8) is 0 Å². The third-order valence-corrected chi connectivity index (χ3v) is 3.41. The van der Waals surface area contributed by atoms with E-state index in [1.165, 1.54) is 25.7 Å². The summed E-state index contributed by atoms with van der Waals surface area (Å²) in [6.07, 6.45) is 6.10. The molecule has 1 saturated heterocycles. The maximum Gasteiger partial charge on any atom is 0.146 e. The number of nitrogens with zero attached hydrogens (tertiary/aromatic N) is 1. The molecule has 2 unspecified atom stereocenters. The van der Waals surface area contributed by atoms with Crippen molar-refractivity contribution in [3.05, 3.63) is 0 Å². The second kappa shape index (κ2) is 6.26. The lowest BCUT2D eigenvalue weighted by molar-refractivity contribution is -0.123. The van der Waals surface area contributed by atoms with E-state index in [0.717, 1.165) is 25.4 Å². The molecule has 1 aliphatic rings. The van der Waals surface area contributed by atoms with Gasteiger partial charge in [0, 0.05) is 6.54 Å². The van der Waals surface area contributed by atoms with E-state index in [9.17, 15) is 4.79 Å². The molecule has 2 nitrogen and oxygen atoms in total. The molecule has 1 heterocycles. The van der Waals surface area contributed by atoms with Gasteiger partial charge in [-0.15, -0.1) is 0 Å². The normalized spacial score (nSPS) is 25.1. The smallest absolute Gasteiger partial charge is 0.146 e. The lowest BCUT2D eigenvalue weighted by Gasteiger charge is -2.35. The minimum absolute atomic E-state index is 0.220. The van der Waals surface area contributed by atoms with Crippen LogP contribution in [0.15, 0.2) is 0 Å². The Morgan fingerprint density at radius 1 is 1.47 bits per heavy atom. The van der Waals surface area contributed by atoms with E-state index in [-0.39, 0.29) is 6.04 Å². The summed E-state index contributed by atoms with van der Waals surface area (Å²) < 4.78 is 0. The number of rotatable bonds is 5. The molecule has 1 rings (SSSR count). The highest BCUT2D eigenvalue weighted by molar-refractivity contribution is 5.81. The van der Waals surface area contributed by atoms with E-state index < -0.39 is 0 Å². The zero-order valence-corrected chi connectivity index (χ0v) is 10.5. The van der Waals surface area contributed by atoms with Gasteiger partial charge in [0.1, 0.15) is 5.78 Å². The van der Waals surface area contributed by atoms with Crippen molar-refractivity contribution in [1.82, 2.24) is 4.90 Å². The number of piperidine rings is 1. The molecule has 0 amide bonds. The minimum atomic E-state index is 0.220. The highest BCUT2D eigenvalue weighted by Crippen LogP contribution is 2.20. The quantitative estimate of drug-likeness (QED) is 0.697. The molecule has 0 bridgehead atoms. The summed E-state index contributed by atoms with van der Waals surface area (Å²) in [5, 5.41) is 0. The van der Waals surface area contributed by atoms with Crippen LogP contribution in [0.1, 0.15) is 52.9 Å². The second-order valence-corrected chi connectivity index (χ2v) is 5.01. The molecule has 0 radical (unpaired) electrons. The Hall–Kier alpha value is -0.370. The summed E-state index contributed by atoms with van der Waals surface area (Å²) in [5.74, 6) is 1.09. The van der Waals surface area contributed by atoms with Crippen LogP contribution >= 0.6 is 0 Å². The Morgan fingerprint density at radius 3 is 2.80 bits per heavy atom. The van der Waals surface area contributed by atoms with Gasteiger partial charge in [0.2, 0.25) is 0 Å². The second-order valence-electron chi connectivity index (χ2n) is 5.01. The summed E-state index contributed by atoms with van der Waals surface area (Å²) in [6.45, 7) is 8.51. The number of ketones is 1. The summed E-state index contributed by atoms with van der Waals surface area (Å²) in [5.41, 5.74) is 0. The Morgan fingerprint density at radius 2 is 2.20 bits per heavy atom. The summed E-state index contributed by atoms with van der Waals surface area (Å²) in [7, 11) is 0. The fourth-order valence-electron chi connectivity index (χ4n) is 2.65. The zero-order valence-electron chi connectivity index (χ0n) is 10.5. The predicted octanol–water partition coefficient (Wildman–Crippen LogP) is 2.87. The molecule has 0 N–H and O–H groups in total. The van der Waals surface area contributed by atoms with Gasteiger partial charge >= 0.3 is 0 Å². The highest BCUT2D eigenvalue weighted by atomic mass is 16.1. The van der Waals surface area contributed by atoms with Crippen molar-refractivity contribution in [3.8, 4) is 0 Å². The van der Waals surface area contributed by atoms with Gasteiger partial charge < -0.3 is 0 Å². The van der Waals surface area contributed by atoms with Crippen LogP contribution in [-0.2, 0) is 4.79 Å². The van der Waals surface area contributed by atoms with Crippen LogP contribution in [-0.4, -0.2) is 29.8 Å². The fourth-order valence-corrected chi connectivity index (χ4v) is 2.65. The van der Waals surface area contributed by atoms with Gasteiger partial charge in [-0.3, -0.25) is 9.69 Å². The van der Waals surface area contributed by atoms with Gasteiger partial charge in [-0.2, -0.15) is 0 Å². The van der Waals surface area contributed by atoms with Crippen molar-refractivity contribution in [2.45, 2.75) is 58.9 Å². The van der Waals surface area contributed by atoms with Crippen LogP contribution in [0.25, 0.3) is 0 Å². The first-order valence-electron chi connectivity index (χ1n) is 6.39. The number of Topliss-reactive ketones (excluding diaryl/α,β-unsaturated/α-hetero) is 1. The van der Waals surface area contributed by atoms with E-state index >= 15 is 0 Å². The summed E-state index contributed by atoms with van der Waals surface area (Å²) in [6, 6.07) is 0.220. The van der Waals surface area contributed by atoms with Crippen molar-refractivity contribution in [2.24, 2.45) is 5.92 Å². The number of carbonyl (C=O) groups excluding carboxylic acids is 1. The van der Waals surface area contributed by atoms with Crippen LogP contribution in [0.3, 0.4) is 0 Å². The molecule has 0 aromatic carbocycles. The third-order valence-electron chi connectivity index (χ3n) is 3.41. The van der Waals surface area contributed by atoms with Crippen LogP contribution in [0.2, 0.25) is 0 Å². The molecule has 1 fully saturated rings. The first kappa shape index (κ1) is 12.7. The number of likely N-dealkylation sites (tertiary alicyclic amines) is 1. The maximum atomic E-state index is 11.5. The van der Waals surface area contributed by atoms with Gasteiger partial charge in [0.05, 0.1) is 6.04 Å². The molecule has 15 heavy (non-hydrogen) atoms. The molecule has 0 spiro atoms. The van der Waals surface area contributed by atoms with Crippen LogP contribution in [0.4, 0.5) is 0 Å². The molecular formula is C13H25NO. The molecule has 88 valence electrons. The third kappa shape index (κ3) is 3.94. The largest absolute Gasteiger partial charge is 0.298 e. The standard InChI is InChI=1S/C13H25NO/c1-4-7-11(2)10-14-9-6-5-8-13(14)12(3)15/h11,13H,4-10H2,1-3H3. The Bertz CT molecular complexity index is 203. The van der Waals surface area contributed by atoms with Gasteiger partial charge in [-0.25, -0.2) is 0 Å². The molecule has 2 atom stereocenters. The van der Waals surface area contributed by atoms with Crippen molar-refractivity contribution < 1.29 is 4.79 Å². The molecule has 0 aliphatic carbocycles. The lowest BCUT2D eigenvalue weighted by Crippen LogP contribution is -2.45. The highest BCUT2D eigenvalue weighted by Gasteiger charge is 2.26. The van der Waals surface area contributed by atoms with E-state index in [0.29, 0.717) is 5.78 Å². The average Bonchev–Trinajstić information content (AvgIpc) is 2.18. The predicted molar refractivity (Wildman–Crippen MR) is 64.0 cm³/mol. The van der Waals surface area contributed by atoms with Crippen LogP contribution < -0.4 is 0 Å². The van der Waals surface area contributed by atoms with E-state index in [4.69, 9.17) is 0 Å². The van der Waals surface area contributed by atoms with Crippen molar-refractivity contribution in [1.29, 1.82) is 0 Å². The summed E-state index contributed by atoms with van der Waals surface area (Å²) in [4.78, 5) is 13.9. The van der Waals surface area contributed by atoms with Gasteiger partial charge in [-0.05, 0) is 38.6 Å². The first-order valence-corrected chi connectivity index (χ1v) is 6.39. The lowest BCUT2D eigenvalue weighted by atomic mass is 9.96. The van der Waals surface area contributed by atoms with E-state index in [2.05, 4.69) is 18.7 Å². The number of hydrogen-bond donors (Lipinski definition) is 0. The summed E-state index contributed by atoms with van der Waals surface area (Å²) >= 11 is 0. The average molecular weight is 211 g/mol. The Labute approximate surface area is 94.0 Å². The fraction of sp³-hybridized carbons (Fsp3) is 0.923. The number of hydrogen-bond acceptors (Lipinski definition) is 2. The minimum Gasteiger partial charge on any atom is -0.298 e. The molecule has 0 saturated carbocycles. The van der Waals surface area contributed by atoms with Crippen molar-refractivity contribution in [2.75, 3.05) is 13.1 Å². The van der Waals surface area contributed by atoms with Crippen molar-refractivity contribution >= 4 is 5.78 Å². The number of carbonyl (C=O) groups is 1. The molecule has 0 aromatic heterocycles. The molecular weight excluding hydrogens is 186 g/mol. The van der Waals surface area contributed by atoms with E-state index in [1.54, 1.807) is 6.92 Å². The SMILES string of the molecule is CCCC(C)CN1CCCCC1C(C)=O. The van der Waals surface area contributed by atoms with E-state index in [1.807, 2.05) is 0 Å². The van der Waals surface area contributed by atoms with Gasteiger partial charge in [-0.1, -0.05) is 26.7 Å². The zero-order chi connectivity index (χ0) is 11.3. The maximum absolute atomic E-state index is 11.5. The van der Waals surface area contributed by atoms with Gasteiger partial charge in [0.15, 0.2) is 0 Å². The molecule has 0 aromatic rings. The Balaban J connectivity index is 2.45. The first-order chi connectivity index (χ1) is 7.15. The monoisotopic (exact) mass is 211 g/mol. The molecule has 2 heteroatoms.